The van der Waals surface area contributed by atoms with E-state index in [0.717, 1.165) is 33.7 Å². The van der Waals surface area contributed by atoms with Crippen molar-refractivity contribution in [3.05, 3.63) is 53.1 Å². The third-order valence-corrected chi connectivity index (χ3v) is 3.52. The molecule has 0 aliphatic rings. The van der Waals surface area contributed by atoms with Crippen molar-refractivity contribution in [2.24, 2.45) is 0 Å². The second-order valence-electron chi connectivity index (χ2n) is 4.62. The van der Waals surface area contributed by atoms with Gasteiger partial charge >= 0.3 is 0 Å². The molecule has 0 aliphatic carbocycles. The number of fused-ring (bicyclic) bond motifs is 1. The number of anilines is 1. The van der Waals surface area contributed by atoms with Gasteiger partial charge in [-0.3, -0.25) is 0 Å². The van der Waals surface area contributed by atoms with Gasteiger partial charge in [-0.1, -0.05) is 35.9 Å². The topological polar surface area (TPSA) is 37.8 Å². The molecule has 0 aliphatic heterocycles. The number of nitrogens with zero attached hydrogens (tertiary/aromatic N) is 2. The van der Waals surface area contributed by atoms with Crippen LogP contribution in [0, 0.1) is 6.92 Å². The van der Waals surface area contributed by atoms with Crippen LogP contribution in [0.25, 0.3) is 22.3 Å². The van der Waals surface area contributed by atoms with Crippen LogP contribution in [0.1, 0.15) is 5.56 Å². The van der Waals surface area contributed by atoms with Gasteiger partial charge in [0.1, 0.15) is 5.82 Å². The third-order valence-electron chi connectivity index (χ3n) is 3.28. The highest BCUT2D eigenvalue weighted by Gasteiger charge is 2.10. The fourth-order valence-corrected chi connectivity index (χ4v) is 2.41. The van der Waals surface area contributed by atoms with Crippen molar-refractivity contribution in [3.8, 4) is 11.4 Å². The number of hydrogen-bond acceptors (Lipinski definition) is 3. The summed E-state index contributed by atoms with van der Waals surface area (Å²) in [5, 5.41) is 4.73. The van der Waals surface area contributed by atoms with Crippen molar-refractivity contribution < 1.29 is 0 Å². The lowest BCUT2D eigenvalue weighted by Crippen LogP contribution is -1.99. The zero-order valence-electron chi connectivity index (χ0n) is 11.3. The smallest absolute Gasteiger partial charge is 0.162 e. The molecule has 0 amide bonds. The average Bonchev–Trinajstić information content (AvgIpc) is 2.46. The van der Waals surface area contributed by atoms with E-state index in [2.05, 4.69) is 28.3 Å². The maximum absolute atomic E-state index is 6.05. The first-order chi connectivity index (χ1) is 9.69. The number of aryl methyl sites for hydroxylation is 1. The van der Waals surface area contributed by atoms with Gasteiger partial charge < -0.3 is 5.32 Å². The Kier molecular flexibility index (Phi) is 3.28. The van der Waals surface area contributed by atoms with E-state index in [4.69, 9.17) is 11.6 Å². The van der Waals surface area contributed by atoms with Crippen molar-refractivity contribution >= 4 is 28.3 Å². The van der Waals surface area contributed by atoms with E-state index < -0.39 is 0 Å². The number of nitrogens with one attached hydrogen (secondary N) is 1. The molecular weight excluding hydrogens is 270 g/mol. The Morgan fingerprint density at radius 2 is 1.85 bits per heavy atom. The fraction of sp³-hybridized carbons (Fsp3) is 0.125. The van der Waals surface area contributed by atoms with Crippen molar-refractivity contribution in [2.75, 3.05) is 12.4 Å². The summed E-state index contributed by atoms with van der Waals surface area (Å²) in [7, 11) is 1.85. The predicted molar refractivity (Wildman–Crippen MR) is 84.3 cm³/mol. The molecule has 0 saturated carbocycles. The van der Waals surface area contributed by atoms with Gasteiger partial charge in [0.25, 0.3) is 0 Å². The Bertz CT molecular complexity index is 784. The van der Waals surface area contributed by atoms with Crippen LogP contribution in [-0.2, 0) is 0 Å². The van der Waals surface area contributed by atoms with E-state index >= 15 is 0 Å². The quantitative estimate of drug-likeness (QED) is 0.762. The van der Waals surface area contributed by atoms with E-state index in [-0.39, 0.29) is 0 Å². The second-order valence-corrected chi connectivity index (χ2v) is 5.06. The van der Waals surface area contributed by atoms with Crippen LogP contribution < -0.4 is 5.32 Å². The van der Waals surface area contributed by atoms with Gasteiger partial charge in [-0.15, -0.1) is 0 Å². The number of rotatable bonds is 2. The van der Waals surface area contributed by atoms with Gasteiger partial charge in [-0.05, 0) is 30.7 Å². The van der Waals surface area contributed by atoms with Crippen LogP contribution in [0.2, 0.25) is 5.02 Å². The molecule has 20 heavy (non-hydrogen) atoms. The summed E-state index contributed by atoms with van der Waals surface area (Å²) in [6.45, 7) is 2.06. The lowest BCUT2D eigenvalue weighted by Gasteiger charge is -2.10. The lowest BCUT2D eigenvalue weighted by molar-refractivity contribution is 1.20. The van der Waals surface area contributed by atoms with Gasteiger partial charge in [0.05, 0.1) is 5.52 Å². The van der Waals surface area contributed by atoms with Crippen molar-refractivity contribution in [3.63, 3.8) is 0 Å². The van der Waals surface area contributed by atoms with Gasteiger partial charge in [0.15, 0.2) is 5.82 Å². The van der Waals surface area contributed by atoms with Crippen LogP contribution in [0.4, 0.5) is 5.82 Å². The molecule has 100 valence electrons. The molecule has 0 atom stereocenters. The SMILES string of the molecule is CNc1nc(-c2ccccc2C)nc2ccc(Cl)cc12. The molecule has 0 spiro atoms. The average molecular weight is 284 g/mol. The Morgan fingerprint density at radius 3 is 2.60 bits per heavy atom. The zero-order chi connectivity index (χ0) is 14.1. The van der Waals surface area contributed by atoms with Crippen molar-refractivity contribution in [2.45, 2.75) is 6.92 Å². The van der Waals surface area contributed by atoms with E-state index in [1.54, 1.807) is 0 Å². The summed E-state index contributed by atoms with van der Waals surface area (Å²) in [4.78, 5) is 9.26. The van der Waals surface area contributed by atoms with E-state index in [1.807, 2.05) is 43.4 Å². The highest BCUT2D eigenvalue weighted by atomic mass is 35.5. The van der Waals surface area contributed by atoms with E-state index in [1.165, 1.54) is 0 Å². The molecule has 2 aromatic carbocycles. The largest absolute Gasteiger partial charge is 0.373 e. The highest BCUT2D eigenvalue weighted by Crippen LogP contribution is 2.28. The number of hydrogen-bond donors (Lipinski definition) is 1. The van der Waals surface area contributed by atoms with Crippen LogP contribution >= 0.6 is 11.6 Å². The minimum Gasteiger partial charge on any atom is -0.373 e. The summed E-state index contributed by atoms with van der Waals surface area (Å²) < 4.78 is 0. The number of halogens is 1. The first-order valence-corrected chi connectivity index (χ1v) is 6.78. The summed E-state index contributed by atoms with van der Waals surface area (Å²) in [6, 6.07) is 13.7. The normalized spacial score (nSPS) is 10.8. The Balaban J connectivity index is 2.29. The van der Waals surface area contributed by atoms with Crippen molar-refractivity contribution in [1.29, 1.82) is 0 Å². The maximum Gasteiger partial charge on any atom is 0.162 e. The summed E-state index contributed by atoms with van der Waals surface area (Å²) in [5.41, 5.74) is 3.08. The standard InChI is InChI=1S/C16H14ClN3/c1-10-5-3-4-6-12(10)16-19-14-8-7-11(17)9-13(14)15(18-2)20-16/h3-9H,1-2H3,(H,18,19,20). The van der Waals surface area contributed by atoms with Gasteiger partial charge in [-0.25, -0.2) is 9.97 Å². The molecule has 0 bridgehead atoms. The van der Waals surface area contributed by atoms with Crippen LogP contribution in [-0.4, -0.2) is 17.0 Å². The van der Waals surface area contributed by atoms with E-state index in [0.29, 0.717) is 5.02 Å². The molecule has 0 unspecified atom stereocenters. The zero-order valence-corrected chi connectivity index (χ0v) is 12.1. The summed E-state index contributed by atoms with van der Waals surface area (Å²) in [5.74, 6) is 1.51. The fourth-order valence-electron chi connectivity index (χ4n) is 2.24. The molecule has 3 rings (SSSR count). The van der Waals surface area contributed by atoms with Crippen LogP contribution in [0.15, 0.2) is 42.5 Å². The molecule has 3 nitrogen and oxygen atoms in total. The van der Waals surface area contributed by atoms with Crippen LogP contribution in [0.3, 0.4) is 0 Å². The number of aromatic nitrogens is 2. The third kappa shape index (κ3) is 2.21. The Labute approximate surface area is 122 Å². The molecule has 1 N–H and O–H groups in total. The monoisotopic (exact) mass is 283 g/mol. The molecule has 0 radical (unpaired) electrons. The molecular formula is C16H14ClN3. The summed E-state index contributed by atoms with van der Waals surface area (Å²) >= 11 is 6.05. The molecule has 4 heteroatoms. The van der Waals surface area contributed by atoms with Gasteiger partial charge in [-0.2, -0.15) is 0 Å². The lowest BCUT2D eigenvalue weighted by atomic mass is 10.1. The molecule has 1 aromatic heterocycles. The predicted octanol–water partition coefficient (Wildman–Crippen LogP) is 4.30. The molecule has 3 aromatic rings. The molecule has 0 fully saturated rings. The Morgan fingerprint density at radius 1 is 1.05 bits per heavy atom. The first kappa shape index (κ1) is 12.9. The number of benzene rings is 2. The molecule has 0 saturated heterocycles. The minimum atomic E-state index is 0.682. The highest BCUT2D eigenvalue weighted by molar-refractivity contribution is 6.31. The maximum atomic E-state index is 6.05. The van der Waals surface area contributed by atoms with Gasteiger partial charge in [0.2, 0.25) is 0 Å². The molecule has 1 heterocycles. The first-order valence-electron chi connectivity index (χ1n) is 6.40. The summed E-state index contributed by atoms with van der Waals surface area (Å²) in [6.07, 6.45) is 0. The Hall–Kier alpha value is -2.13. The second kappa shape index (κ2) is 5.10. The van der Waals surface area contributed by atoms with Crippen molar-refractivity contribution in [1.82, 2.24) is 9.97 Å². The van der Waals surface area contributed by atoms with Crippen LogP contribution in [0.5, 0.6) is 0 Å². The van der Waals surface area contributed by atoms with E-state index in [9.17, 15) is 0 Å². The minimum absolute atomic E-state index is 0.682. The van der Waals surface area contributed by atoms with Gasteiger partial charge in [0, 0.05) is 23.0 Å².